The van der Waals surface area contributed by atoms with Crippen molar-refractivity contribution >= 4 is 11.8 Å². The van der Waals surface area contributed by atoms with Crippen LogP contribution in [0.1, 0.15) is 15.9 Å². The lowest BCUT2D eigenvalue weighted by atomic mass is 10.1. The van der Waals surface area contributed by atoms with Crippen molar-refractivity contribution in [1.82, 2.24) is 9.88 Å². The third-order valence-electron chi connectivity index (χ3n) is 4.26. The van der Waals surface area contributed by atoms with Gasteiger partial charge in [-0.05, 0) is 29.8 Å². The molecule has 1 fully saturated rings. The second kappa shape index (κ2) is 7.31. The SMILES string of the molecule is COc1ccc(N2CCN(Cc3ccc(C(=O)O)cc3)CC2)nc1. The number of piperazine rings is 1. The van der Waals surface area contributed by atoms with Crippen molar-refractivity contribution in [2.75, 3.05) is 38.2 Å². The number of nitrogens with zero attached hydrogens (tertiary/aromatic N) is 3. The van der Waals surface area contributed by atoms with Gasteiger partial charge < -0.3 is 14.7 Å². The highest BCUT2D eigenvalue weighted by atomic mass is 16.5. The van der Waals surface area contributed by atoms with Gasteiger partial charge in [-0.25, -0.2) is 9.78 Å². The smallest absolute Gasteiger partial charge is 0.335 e. The van der Waals surface area contributed by atoms with E-state index in [0.29, 0.717) is 5.56 Å². The molecule has 1 aromatic heterocycles. The Morgan fingerprint density at radius 3 is 2.38 bits per heavy atom. The van der Waals surface area contributed by atoms with Crippen LogP contribution >= 0.6 is 0 Å². The Balaban J connectivity index is 1.53. The lowest BCUT2D eigenvalue weighted by Crippen LogP contribution is -2.46. The van der Waals surface area contributed by atoms with Gasteiger partial charge in [0.05, 0.1) is 18.9 Å². The van der Waals surface area contributed by atoms with Crippen molar-refractivity contribution in [2.24, 2.45) is 0 Å². The first-order valence-electron chi connectivity index (χ1n) is 7.95. The van der Waals surface area contributed by atoms with Gasteiger partial charge in [-0.1, -0.05) is 12.1 Å². The van der Waals surface area contributed by atoms with Crippen LogP contribution in [0.15, 0.2) is 42.6 Å². The molecule has 3 rings (SSSR count). The Bertz CT molecular complexity index is 678. The summed E-state index contributed by atoms with van der Waals surface area (Å²) in [6.07, 6.45) is 1.74. The molecular weight excluding hydrogens is 306 g/mol. The van der Waals surface area contributed by atoms with Crippen LogP contribution in [0.4, 0.5) is 5.82 Å². The van der Waals surface area contributed by atoms with E-state index in [1.807, 2.05) is 24.3 Å². The lowest BCUT2D eigenvalue weighted by Gasteiger charge is -2.35. The van der Waals surface area contributed by atoms with Gasteiger partial charge in [0.1, 0.15) is 11.6 Å². The Morgan fingerprint density at radius 2 is 1.83 bits per heavy atom. The summed E-state index contributed by atoms with van der Waals surface area (Å²) in [5.74, 6) is 0.852. The standard InChI is InChI=1S/C18H21N3O3/c1-24-16-6-7-17(19-12-16)21-10-8-20(9-11-21)13-14-2-4-15(5-3-14)18(22)23/h2-7,12H,8-11,13H2,1H3,(H,22,23). The van der Waals surface area contributed by atoms with Gasteiger partial charge >= 0.3 is 5.97 Å². The van der Waals surface area contributed by atoms with Crippen LogP contribution in [0.25, 0.3) is 0 Å². The summed E-state index contributed by atoms with van der Waals surface area (Å²) >= 11 is 0. The minimum atomic E-state index is -0.887. The van der Waals surface area contributed by atoms with E-state index in [1.54, 1.807) is 25.4 Å². The van der Waals surface area contributed by atoms with Crippen LogP contribution in [0.5, 0.6) is 5.75 Å². The van der Waals surface area contributed by atoms with Crippen molar-refractivity contribution < 1.29 is 14.6 Å². The molecule has 2 aromatic rings. The number of carboxylic acid groups (broad SMARTS) is 1. The molecule has 0 spiro atoms. The number of hydrogen-bond acceptors (Lipinski definition) is 5. The number of aromatic nitrogens is 1. The molecule has 1 aliphatic rings. The van der Waals surface area contributed by atoms with E-state index in [4.69, 9.17) is 9.84 Å². The van der Waals surface area contributed by atoms with Gasteiger partial charge in [-0.3, -0.25) is 4.90 Å². The first-order valence-corrected chi connectivity index (χ1v) is 7.95. The number of aromatic carboxylic acids is 1. The van der Waals surface area contributed by atoms with Crippen LogP contribution in [-0.4, -0.2) is 54.2 Å². The summed E-state index contributed by atoms with van der Waals surface area (Å²) in [4.78, 5) is 20.0. The minimum Gasteiger partial charge on any atom is -0.495 e. The molecule has 0 bridgehead atoms. The lowest BCUT2D eigenvalue weighted by molar-refractivity contribution is 0.0697. The Kier molecular flexibility index (Phi) is 4.96. The fourth-order valence-corrected chi connectivity index (χ4v) is 2.83. The number of hydrogen-bond donors (Lipinski definition) is 1. The van der Waals surface area contributed by atoms with Crippen molar-refractivity contribution in [3.8, 4) is 5.75 Å². The predicted octanol–water partition coefficient (Wildman–Crippen LogP) is 2.11. The van der Waals surface area contributed by atoms with Gasteiger partial charge in [-0.15, -0.1) is 0 Å². The first kappa shape index (κ1) is 16.3. The van der Waals surface area contributed by atoms with Crippen LogP contribution < -0.4 is 9.64 Å². The zero-order valence-electron chi connectivity index (χ0n) is 13.7. The van der Waals surface area contributed by atoms with Crippen molar-refractivity contribution in [3.05, 3.63) is 53.7 Å². The van der Waals surface area contributed by atoms with E-state index < -0.39 is 5.97 Å². The Labute approximate surface area is 141 Å². The quantitative estimate of drug-likeness (QED) is 0.907. The summed E-state index contributed by atoms with van der Waals surface area (Å²) < 4.78 is 5.14. The summed E-state index contributed by atoms with van der Waals surface area (Å²) in [6.45, 7) is 4.59. The maximum absolute atomic E-state index is 10.9. The number of rotatable bonds is 5. The van der Waals surface area contributed by atoms with Crippen molar-refractivity contribution in [3.63, 3.8) is 0 Å². The van der Waals surface area contributed by atoms with Crippen LogP contribution in [0, 0.1) is 0 Å². The molecule has 1 aromatic carbocycles. The molecular formula is C18H21N3O3. The first-order chi connectivity index (χ1) is 11.7. The van der Waals surface area contributed by atoms with E-state index in [1.165, 1.54) is 0 Å². The molecule has 126 valence electrons. The molecule has 1 aliphatic heterocycles. The van der Waals surface area contributed by atoms with Gasteiger partial charge in [0.25, 0.3) is 0 Å². The highest BCUT2D eigenvalue weighted by Gasteiger charge is 2.18. The number of anilines is 1. The number of benzene rings is 1. The molecule has 0 unspecified atom stereocenters. The Hall–Kier alpha value is -2.60. The normalized spacial score (nSPS) is 15.3. The molecule has 24 heavy (non-hydrogen) atoms. The maximum Gasteiger partial charge on any atom is 0.335 e. The number of carbonyl (C=O) groups is 1. The fourth-order valence-electron chi connectivity index (χ4n) is 2.83. The summed E-state index contributed by atoms with van der Waals surface area (Å²) in [7, 11) is 1.64. The van der Waals surface area contributed by atoms with Crippen LogP contribution in [0.2, 0.25) is 0 Å². The number of pyridine rings is 1. The molecule has 6 heteroatoms. The molecule has 0 amide bonds. The third kappa shape index (κ3) is 3.83. The van der Waals surface area contributed by atoms with E-state index in [0.717, 1.165) is 49.9 Å². The average molecular weight is 327 g/mol. The van der Waals surface area contributed by atoms with E-state index in [2.05, 4.69) is 14.8 Å². The monoisotopic (exact) mass is 327 g/mol. The van der Waals surface area contributed by atoms with E-state index in [-0.39, 0.29) is 0 Å². The van der Waals surface area contributed by atoms with Crippen LogP contribution in [-0.2, 0) is 6.54 Å². The number of carboxylic acids is 1. The second-order valence-corrected chi connectivity index (χ2v) is 5.82. The average Bonchev–Trinajstić information content (AvgIpc) is 2.63. The molecule has 2 heterocycles. The number of ether oxygens (including phenoxy) is 1. The summed E-state index contributed by atoms with van der Waals surface area (Å²) in [5, 5.41) is 8.94. The summed E-state index contributed by atoms with van der Waals surface area (Å²) in [5.41, 5.74) is 1.46. The van der Waals surface area contributed by atoms with Gasteiger partial charge in [0.15, 0.2) is 0 Å². The third-order valence-corrected chi connectivity index (χ3v) is 4.26. The molecule has 0 saturated carbocycles. The van der Waals surface area contributed by atoms with Gasteiger partial charge in [0, 0.05) is 32.7 Å². The fraction of sp³-hybridized carbons (Fsp3) is 0.333. The van der Waals surface area contributed by atoms with Gasteiger partial charge in [0.2, 0.25) is 0 Å². The van der Waals surface area contributed by atoms with E-state index >= 15 is 0 Å². The maximum atomic E-state index is 10.9. The number of methoxy groups -OCH3 is 1. The molecule has 0 radical (unpaired) electrons. The highest BCUT2D eigenvalue weighted by molar-refractivity contribution is 5.87. The molecule has 6 nitrogen and oxygen atoms in total. The minimum absolute atomic E-state index is 0.328. The van der Waals surface area contributed by atoms with Crippen molar-refractivity contribution in [1.29, 1.82) is 0 Å². The summed E-state index contributed by atoms with van der Waals surface area (Å²) in [6, 6.07) is 11.0. The molecule has 0 aliphatic carbocycles. The highest BCUT2D eigenvalue weighted by Crippen LogP contribution is 2.18. The zero-order valence-corrected chi connectivity index (χ0v) is 13.7. The van der Waals surface area contributed by atoms with Gasteiger partial charge in [-0.2, -0.15) is 0 Å². The van der Waals surface area contributed by atoms with Crippen LogP contribution in [0.3, 0.4) is 0 Å². The Morgan fingerprint density at radius 1 is 1.12 bits per heavy atom. The zero-order chi connectivity index (χ0) is 16.9. The molecule has 1 saturated heterocycles. The second-order valence-electron chi connectivity index (χ2n) is 5.82. The largest absolute Gasteiger partial charge is 0.495 e. The topological polar surface area (TPSA) is 65.9 Å². The molecule has 1 N–H and O–H groups in total. The van der Waals surface area contributed by atoms with Crippen molar-refractivity contribution in [2.45, 2.75) is 6.54 Å². The predicted molar refractivity (Wildman–Crippen MR) is 91.7 cm³/mol. The van der Waals surface area contributed by atoms with E-state index in [9.17, 15) is 4.79 Å². The molecule has 0 atom stereocenters.